The Kier molecular flexibility index (Phi) is 4.03. The van der Waals surface area contributed by atoms with E-state index >= 15 is 0 Å². The van der Waals surface area contributed by atoms with Gasteiger partial charge in [0.1, 0.15) is 5.82 Å². The largest absolute Gasteiger partial charge is 0.384 e. The van der Waals surface area contributed by atoms with Crippen LogP contribution in [0.25, 0.3) is 12.7 Å². The van der Waals surface area contributed by atoms with Gasteiger partial charge in [0.25, 0.3) is 0 Å². The first-order valence-electron chi connectivity index (χ1n) is 5.23. The first kappa shape index (κ1) is 11.4. The maximum atomic E-state index is 5.84. The van der Waals surface area contributed by atoms with Crippen molar-refractivity contribution in [3.05, 3.63) is 23.2 Å². The Balaban J connectivity index is 3.00. The molecule has 0 aliphatic rings. The third kappa shape index (κ3) is 2.65. The lowest BCUT2D eigenvalue weighted by molar-refractivity contribution is 0.834. The van der Waals surface area contributed by atoms with Gasteiger partial charge in [-0.3, -0.25) is 0 Å². The second kappa shape index (κ2) is 5.29. The average molecular weight is 205 g/mol. The molecule has 0 spiro atoms. The summed E-state index contributed by atoms with van der Waals surface area (Å²) < 4.78 is 0. The monoisotopic (exact) mass is 205 g/mol. The summed E-state index contributed by atoms with van der Waals surface area (Å²) in [5.74, 6) is 0.643. The summed E-state index contributed by atoms with van der Waals surface area (Å²) in [6.07, 6.45) is 5.94. The molecule has 0 aliphatic carbocycles. The fourth-order valence-electron chi connectivity index (χ4n) is 1.47. The first-order chi connectivity index (χ1) is 7.20. The van der Waals surface area contributed by atoms with Gasteiger partial charge < -0.3 is 16.0 Å². The molecule has 0 fully saturated rings. The quantitative estimate of drug-likeness (QED) is 0.632. The van der Waals surface area contributed by atoms with Crippen molar-refractivity contribution in [3.63, 3.8) is 0 Å². The summed E-state index contributed by atoms with van der Waals surface area (Å²) in [5.41, 5.74) is 6.78. The van der Waals surface area contributed by atoms with Crippen LogP contribution in [0.2, 0.25) is 0 Å². The molecule has 0 radical (unpaired) electrons. The maximum Gasteiger partial charge on any atom is 0.125 e. The van der Waals surface area contributed by atoms with Crippen molar-refractivity contribution in [3.8, 4) is 0 Å². The second-order valence-electron chi connectivity index (χ2n) is 3.49. The molecular formula is C12H19N3. The van der Waals surface area contributed by atoms with E-state index in [0.717, 1.165) is 35.6 Å². The molecule has 1 aromatic heterocycles. The highest BCUT2D eigenvalue weighted by Crippen LogP contribution is 2.07. The predicted molar refractivity (Wildman–Crippen MR) is 68.0 cm³/mol. The van der Waals surface area contributed by atoms with Crippen LogP contribution in [0.4, 0.5) is 11.5 Å². The third-order valence-electron chi connectivity index (χ3n) is 2.27. The highest BCUT2D eigenvalue weighted by molar-refractivity contribution is 5.66. The maximum absolute atomic E-state index is 5.84. The highest BCUT2D eigenvalue weighted by atomic mass is 15.0. The lowest BCUT2D eigenvalue weighted by Gasteiger charge is -2.03. The number of unbranched alkanes of at least 4 members (excludes halogenated alkanes) is 1. The van der Waals surface area contributed by atoms with E-state index in [1.54, 1.807) is 6.08 Å². The van der Waals surface area contributed by atoms with Crippen LogP contribution in [0.1, 0.15) is 19.8 Å². The standard InChI is InChI=1S/C12H19N3/c1-4-6-8-14-11-10(7-5-2)9(3)15-12(11)13/h5,7,14-15H,2-4,6,8,13H2,1H3/b10-7+. The van der Waals surface area contributed by atoms with Crippen molar-refractivity contribution in [1.82, 2.24) is 4.98 Å². The van der Waals surface area contributed by atoms with Gasteiger partial charge in [0.05, 0.1) is 5.69 Å². The smallest absolute Gasteiger partial charge is 0.125 e. The van der Waals surface area contributed by atoms with Crippen molar-refractivity contribution in [1.29, 1.82) is 0 Å². The molecule has 0 unspecified atom stereocenters. The van der Waals surface area contributed by atoms with Crippen LogP contribution in [-0.4, -0.2) is 11.5 Å². The molecule has 4 N–H and O–H groups in total. The van der Waals surface area contributed by atoms with E-state index in [1.165, 1.54) is 0 Å². The van der Waals surface area contributed by atoms with Gasteiger partial charge in [-0.15, -0.1) is 0 Å². The zero-order valence-electron chi connectivity index (χ0n) is 9.27. The number of nitrogens with one attached hydrogen (secondary N) is 2. The molecule has 0 aliphatic heterocycles. The van der Waals surface area contributed by atoms with Crippen molar-refractivity contribution in [2.24, 2.45) is 0 Å². The summed E-state index contributed by atoms with van der Waals surface area (Å²) in [5, 5.41) is 5.14. The third-order valence-corrected chi connectivity index (χ3v) is 2.27. The molecule has 1 aromatic rings. The Morgan fingerprint density at radius 2 is 2.27 bits per heavy atom. The van der Waals surface area contributed by atoms with Crippen molar-refractivity contribution in [2.75, 3.05) is 17.6 Å². The zero-order chi connectivity index (χ0) is 11.3. The van der Waals surface area contributed by atoms with Gasteiger partial charge in [-0.2, -0.15) is 0 Å². The molecule has 15 heavy (non-hydrogen) atoms. The molecular weight excluding hydrogens is 186 g/mol. The van der Waals surface area contributed by atoms with Crippen LogP contribution in [0.15, 0.2) is 12.7 Å². The number of nitrogens with two attached hydrogens (primary N) is 1. The number of allylic oxidation sites excluding steroid dienone is 1. The second-order valence-corrected chi connectivity index (χ2v) is 3.49. The van der Waals surface area contributed by atoms with Crippen LogP contribution in [0.5, 0.6) is 0 Å². The van der Waals surface area contributed by atoms with Gasteiger partial charge in [-0.1, -0.05) is 38.7 Å². The lowest BCUT2D eigenvalue weighted by Crippen LogP contribution is -2.23. The molecule has 1 rings (SSSR count). The predicted octanol–water partition coefficient (Wildman–Crippen LogP) is 1.19. The van der Waals surface area contributed by atoms with Crippen molar-refractivity contribution >= 4 is 24.2 Å². The number of rotatable bonds is 5. The van der Waals surface area contributed by atoms with Gasteiger partial charge in [0, 0.05) is 17.1 Å². The van der Waals surface area contributed by atoms with Crippen LogP contribution in [-0.2, 0) is 0 Å². The SMILES string of the molecule is C=C/C=c1/c(NCCCC)c(N)[nH]c1=C. The number of H-pyrrole nitrogens is 1. The number of hydrogen-bond acceptors (Lipinski definition) is 2. The van der Waals surface area contributed by atoms with E-state index < -0.39 is 0 Å². The number of anilines is 2. The van der Waals surface area contributed by atoms with E-state index in [2.05, 4.69) is 30.4 Å². The Labute approximate surface area is 90.4 Å². The minimum atomic E-state index is 0.643. The summed E-state index contributed by atoms with van der Waals surface area (Å²) in [6.45, 7) is 10.7. The minimum absolute atomic E-state index is 0.643. The van der Waals surface area contributed by atoms with Crippen molar-refractivity contribution in [2.45, 2.75) is 19.8 Å². The molecule has 1 heterocycles. The van der Waals surface area contributed by atoms with E-state index in [4.69, 9.17) is 5.73 Å². The van der Waals surface area contributed by atoms with Crippen molar-refractivity contribution < 1.29 is 0 Å². The Morgan fingerprint density at radius 1 is 1.53 bits per heavy atom. The Hall–Kier alpha value is -1.64. The van der Waals surface area contributed by atoms with Gasteiger partial charge >= 0.3 is 0 Å². The minimum Gasteiger partial charge on any atom is -0.384 e. The summed E-state index contributed by atoms with van der Waals surface area (Å²) >= 11 is 0. The molecule has 3 heteroatoms. The molecule has 0 saturated carbocycles. The first-order valence-corrected chi connectivity index (χ1v) is 5.23. The highest BCUT2D eigenvalue weighted by Gasteiger charge is 2.02. The zero-order valence-corrected chi connectivity index (χ0v) is 9.27. The molecule has 0 aromatic carbocycles. The molecule has 82 valence electrons. The van der Waals surface area contributed by atoms with E-state index in [0.29, 0.717) is 5.82 Å². The van der Waals surface area contributed by atoms with Gasteiger partial charge in [-0.05, 0) is 6.42 Å². The number of hydrogen-bond donors (Lipinski definition) is 3. The van der Waals surface area contributed by atoms with Gasteiger partial charge in [-0.25, -0.2) is 0 Å². The van der Waals surface area contributed by atoms with Crippen LogP contribution in [0.3, 0.4) is 0 Å². The molecule has 0 saturated heterocycles. The number of aromatic nitrogens is 1. The Bertz CT molecular complexity index is 428. The van der Waals surface area contributed by atoms with E-state index in [-0.39, 0.29) is 0 Å². The van der Waals surface area contributed by atoms with Crippen LogP contribution in [0, 0.1) is 0 Å². The topological polar surface area (TPSA) is 53.8 Å². The summed E-state index contributed by atoms with van der Waals surface area (Å²) in [7, 11) is 0. The fourth-order valence-corrected chi connectivity index (χ4v) is 1.47. The summed E-state index contributed by atoms with van der Waals surface area (Å²) in [4.78, 5) is 3.01. The lowest BCUT2D eigenvalue weighted by atomic mass is 10.3. The number of nitrogen functional groups attached to an aromatic ring is 1. The van der Waals surface area contributed by atoms with Crippen LogP contribution >= 0.6 is 0 Å². The molecule has 0 atom stereocenters. The number of aromatic amines is 1. The Morgan fingerprint density at radius 3 is 2.87 bits per heavy atom. The van der Waals surface area contributed by atoms with Crippen LogP contribution < -0.4 is 21.6 Å². The summed E-state index contributed by atoms with van der Waals surface area (Å²) in [6, 6.07) is 0. The van der Waals surface area contributed by atoms with Gasteiger partial charge in [0.2, 0.25) is 0 Å². The fraction of sp³-hybridized carbons (Fsp3) is 0.333. The van der Waals surface area contributed by atoms with E-state index in [1.807, 2.05) is 6.08 Å². The molecule has 0 amide bonds. The van der Waals surface area contributed by atoms with E-state index in [9.17, 15) is 0 Å². The molecule has 0 bridgehead atoms. The normalized spacial score (nSPS) is 11.7. The van der Waals surface area contributed by atoms with Gasteiger partial charge in [0.15, 0.2) is 0 Å². The molecule has 3 nitrogen and oxygen atoms in total. The average Bonchev–Trinajstić information content (AvgIpc) is 2.45.